The largest absolute Gasteiger partial charge is 0.434 e. The number of para-hydroxylation sites is 2. The van der Waals surface area contributed by atoms with Gasteiger partial charge in [0.2, 0.25) is 0 Å². The maximum absolute atomic E-state index is 12.3. The van der Waals surface area contributed by atoms with Crippen molar-refractivity contribution in [3.8, 4) is 5.75 Å². The van der Waals surface area contributed by atoms with Crippen LogP contribution in [-0.4, -0.2) is 12.5 Å². The van der Waals surface area contributed by atoms with E-state index in [1.54, 1.807) is 30.3 Å². The Balaban J connectivity index is 2.23. The Bertz CT molecular complexity index is 620. The molecule has 0 saturated carbocycles. The van der Waals surface area contributed by atoms with E-state index in [1.807, 2.05) is 0 Å². The number of alkyl halides is 2. The molecule has 0 unspecified atom stereocenters. The van der Waals surface area contributed by atoms with Gasteiger partial charge in [-0.25, -0.2) is 0 Å². The van der Waals surface area contributed by atoms with Crippen LogP contribution in [0.15, 0.2) is 53.0 Å². The van der Waals surface area contributed by atoms with Crippen molar-refractivity contribution >= 4 is 27.5 Å². The second-order valence-corrected chi connectivity index (χ2v) is 4.66. The minimum Gasteiger partial charge on any atom is -0.434 e. The van der Waals surface area contributed by atoms with Crippen LogP contribution in [0.3, 0.4) is 0 Å². The van der Waals surface area contributed by atoms with Crippen molar-refractivity contribution in [1.82, 2.24) is 0 Å². The van der Waals surface area contributed by atoms with Gasteiger partial charge in [-0.1, -0.05) is 24.3 Å². The van der Waals surface area contributed by atoms with E-state index in [-0.39, 0.29) is 11.3 Å². The van der Waals surface area contributed by atoms with Crippen molar-refractivity contribution < 1.29 is 18.3 Å². The molecule has 2 aromatic carbocycles. The molecule has 0 atom stereocenters. The highest BCUT2D eigenvalue weighted by Gasteiger charge is 2.15. The van der Waals surface area contributed by atoms with E-state index in [0.29, 0.717) is 10.2 Å². The van der Waals surface area contributed by atoms with Crippen LogP contribution in [0.2, 0.25) is 0 Å². The molecule has 0 aliphatic rings. The summed E-state index contributed by atoms with van der Waals surface area (Å²) in [6.07, 6.45) is 0. The Kier molecular flexibility index (Phi) is 4.68. The van der Waals surface area contributed by atoms with E-state index < -0.39 is 12.5 Å². The van der Waals surface area contributed by atoms with Crippen molar-refractivity contribution in [3.05, 3.63) is 58.6 Å². The molecule has 2 rings (SSSR count). The summed E-state index contributed by atoms with van der Waals surface area (Å²) in [5.74, 6) is -0.680. The first kappa shape index (κ1) is 14.5. The van der Waals surface area contributed by atoms with Crippen LogP contribution in [-0.2, 0) is 0 Å². The normalized spacial score (nSPS) is 10.4. The molecule has 0 aliphatic heterocycles. The zero-order valence-electron chi connectivity index (χ0n) is 10.1. The van der Waals surface area contributed by atoms with Gasteiger partial charge in [0.15, 0.2) is 0 Å². The molecular weight excluding hydrogens is 332 g/mol. The van der Waals surface area contributed by atoms with Crippen molar-refractivity contribution in [1.29, 1.82) is 0 Å². The summed E-state index contributed by atoms with van der Waals surface area (Å²) < 4.78 is 29.6. The molecule has 3 nitrogen and oxygen atoms in total. The molecule has 104 valence electrons. The molecule has 0 saturated heterocycles. The second-order valence-electron chi connectivity index (χ2n) is 3.81. The topological polar surface area (TPSA) is 38.3 Å². The zero-order chi connectivity index (χ0) is 14.5. The number of hydrogen-bond donors (Lipinski definition) is 1. The summed E-state index contributed by atoms with van der Waals surface area (Å²) in [5.41, 5.74) is 0.591. The van der Waals surface area contributed by atoms with Gasteiger partial charge in [-0.15, -0.1) is 0 Å². The molecule has 1 N–H and O–H groups in total. The lowest BCUT2D eigenvalue weighted by Gasteiger charge is -2.11. The van der Waals surface area contributed by atoms with Crippen LogP contribution in [0.4, 0.5) is 14.5 Å². The number of carbonyl (C=O) groups is 1. The first-order chi connectivity index (χ1) is 9.58. The van der Waals surface area contributed by atoms with Crippen LogP contribution in [0.5, 0.6) is 5.75 Å². The fourth-order valence-corrected chi connectivity index (χ4v) is 1.99. The molecule has 0 fully saturated rings. The Labute approximate surface area is 122 Å². The third-order valence-electron chi connectivity index (χ3n) is 2.47. The molecule has 0 heterocycles. The smallest absolute Gasteiger partial charge is 0.387 e. The Morgan fingerprint density at radius 3 is 2.45 bits per heavy atom. The van der Waals surface area contributed by atoms with Crippen LogP contribution >= 0.6 is 15.9 Å². The first-order valence-corrected chi connectivity index (χ1v) is 6.47. The van der Waals surface area contributed by atoms with Gasteiger partial charge in [0.05, 0.1) is 11.3 Å². The lowest BCUT2D eigenvalue weighted by molar-refractivity contribution is -0.0501. The number of ether oxygens (including phenoxy) is 1. The van der Waals surface area contributed by atoms with E-state index in [4.69, 9.17) is 0 Å². The Hall–Kier alpha value is -1.95. The summed E-state index contributed by atoms with van der Waals surface area (Å²) in [4.78, 5) is 12.1. The van der Waals surface area contributed by atoms with Crippen LogP contribution < -0.4 is 10.1 Å². The van der Waals surface area contributed by atoms with Crippen LogP contribution in [0, 0.1) is 0 Å². The highest BCUT2D eigenvalue weighted by Crippen LogP contribution is 2.25. The van der Waals surface area contributed by atoms with E-state index >= 15 is 0 Å². The summed E-state index contributed by atoms with van der Waals surface area (Å²) >= 11 is 3.29. The molecule has 1 amide bonds. The summed E-state index contributed by atoms with van der Waals surface area (Å²) in [5, 5.41) is 2.63. The van der Waals surface area contributed by atoms with Gasteiger partial charge < -0.3 is 10.1 Å². The third kappa shape index (κ3) is 3.54. The third-order valence-corrected chi connectivity index (χ3v) is 3.16. The monoisotopic (exact) mass is 341 g/mol. The van der Waals surface area contributed by atoms with Crippen LogP contribution in [0.1, 0.15) is 10.4 Å². The SMILES string of the molecule is O=C(Nc1ccccc1Br)c1ccccc1OC(F)F. The van der Waals surface area contributed by atoms with Gasteiger partial charge >= 0.3 is 6.61 Å². The number of rotatable bonds is 4. The number of nitrogens with one attached hydrogen (secondary N) is 1. The van der Waals surface area contributed by atoms with Gasteiger partial charge in [-0.2, -0.15) is 8.78 Å². The molecule has 20 heavy (non-hydrogen) atoms. The molecule has 0 radical (unpaired) electrons. The second kappa shape index (κ2) is 6.47. The predicted molar refractivity (Wildman–Crippen MR) is 75.2 cm³/mol. The lowest BCUT2D eigenvalue weighted by Crippen LogP contribution is -2.15. The fraction of sp³-hybridized carbons (Fsp3) is 0.0714. The minimum absolute atomic E-state index is 0.0450. The molecule has 6 heteroatoms. The number of benzene rings is 2. The van der Waals surface area contributed by atoms with Crippen LogP contribution in [0.25, 0.3) is 0 Å². The van der Waals surface area contributed by atoms with E-state index in [2.05, 4.69) is 26.0 Å². The van der Waals surface area contributed by atoms with Crippen molar-refractivity contribution in [3.63, 3.8) is 0 Å². The minimum atomic E-state index is -2.98. The maximum Gasteiger partial charge on any atom is 0.387 e. The molecule has 0 aliphatic carbocycles. The number of carbonyl (C=O) groups excluding carboxylic acids is 1. The summed E-state index contributed by atoms with van der Waals surface area (Å²) in [6.45, 7) is -2.98. The molecule has 0 spiro atoms. The van der Waals surface area contributed by atoms with Gasteiger partial charge in [0.1, 0.15) is 5.75 Å². The Morgan fingerprint density at radius 1 is 1.10 bits per heavy atom. The number of amides is 1. The average Bonchev–Trinajstić information content (AvgIpc) is 2.41. The molecule has 2 aromatic rings. The van der Waals surface area contributed by atoms with Gasteiger partial charge in [0.25, 0.3) is 5.91 Å². The predicted octanol–water partition coefficient (Wildman–Crippen LogP) is 4.30. The molecule has 0 bridgehead atoms. The van der Waals surface area contributed by atoms with E-state index in [0.717, 1.165) is 0 Å². The Morgan fingerprint density at radius 2 is 1.75 bits per heavy atom. The van der Waals surface area contributed by atoms with Gasteiger partial charge in [-0.05, 0) is 40.2 Å². The summed E-state index contributed by atoms with van der Waals surface area (Å²) in [6, 6.07) is 12.8. The van der Waals surface area contributed by atoms with Gasteiger partial charge in [0, 0.05) is 4.47 Å². The van der Waals surface area contributed by atoms with Crippen molar-refractivity contribution in [2.45, 2.75) is 6.61 Å². The average molecular weight is 342 g/mol. The highest BCUT2D eigenvalue weighted by molar-refractivity contribution is 9.10. The number of anilines is 1. The lowest BCUT2D eigenvalue weighted by atomic mass is 10.2. The highest BCUT2D eigenvalue weighted by atomic mass is 79.9. The van der Waals surface area contributed by atoms with E-state index in [1.165, 1.54) is 18.2 Å². The molecule has 0 aromatic heterocycles. The van der Waals surface area contributed by atoms with Crippen molar-refractivity contribution in [2.24, 2.45) is 0 Å². The standard InChI is InChI=1S/C14H10BrF2NO2/c15-10-6-2-3-7-11(10)18-13(19)9-5-1-4-8-12(9)20-14(16)17/h1-8,14H,(H,18,19). The van der Waals surface area contributed by atoms with Gasteiger partial charge in [-0.3, -0.25) is 4.79 Å². The maximum atomic E-state index is 12.3. The van der Waals surface area contributed by atoms with Crippen molar-refractivity contribution in [2.75, 3.05) is 5.32 Å². The quantitative estimate of drug-likeness (QED) is 0.900. The fourth-order valence-electron chi connectivity index (χ4n) is 1.61. The first-order valence-electron chi connectivity index (χ1n) is 5.67. The molecular formula is C14H10BrF2NO2. The number of halogens is 3. The summed E-state index contributed by atoms with van der Waals surface area (Å²) in [7, 11) is 0. The zero-order valence-corrected chi connectivity index (χ0v) is 11.7. The number of hydrogen-bond acceptors (Lipinski definition) is 2. The van der Waals surface area contributed by atoms with E-state index in [9.17, 15) is 13.6 Å².